The first-order valence-electron chi connectivity index (χ1n) is 7.58. The van der Waals surface area contributed by atoms with E-state index in [4.69, 9.17) is 4.42 Å². The van der Waals surface area contributed by atoms with Crippen LogP contribution in [-0.2, 0) is 11.3 Å². The monoisotopic (exact) mass is 362 g/mol. The number of nitrogens with zero attached hydrogens (tertiary/aromatic N) is 3. The zero-order valence-electron chi connectivity index (χ0n) is 13.5. The zero-order chi connectivity index (χ0) is 16.9. The lowest BCUT2D eigenvalue weighted by molar-refractivity contribution is -0.117. The molecule has 6 nitrogen and oxygen atoms in total. The number of nitrogens with one attached hydrogen (secondary N) is 1. The van der Waals surface area contributed by atoms with E-state index in [1.165, 1.54) is 16.2 Å². The van der Waals surface area contributed by atoms with Crippen LogP contribution in [0.4, 0.5) is 6.01 Å². The fourth-order valence-corrected chi connectivity index (χ4v) is 3.81. The Bertz CT molecular complexity index is 795. The van der Waals surface area contributed by atoms with Gasteiger partial charge in [-0.15, -0.1) is 27.8 Å². The normalized spacial score (nSPS) is 11.1. The van der Waals surface area contributed by atoms with Crippen molar-refractivity contribution in [1.29, 1.82) is 0 Å². The van der Waals surface area contributed by atoms with Gasteiger partial charge in [0.1, 0.15) is 0 Å². The largest absolute Gasteiger partial charge is 0.402 e. The van der Waals surface area contributed by atoms with Crippen molar-refractivity contribution in [3.8, 4) is 10.8 Å². The number of amides is 1. The molecule has 3 aromatic heterocycles. The number of carbonyl (C=O) groups excluding carboxylic acids is 1. The second-order valence-electron chi connectivity index (χ2n) is 5.28. The minimum absolute atomic E-state index is 0.134. The van der Waals surface area contributed by atoms with Crippen molar-refractivity contribution in [2.45, 2.75) is 20.4 Å². The summed E-state index contributed by atoms with van der Waals surface area (Å²) in [5, 5.41) is 14.6. The number of thiophene rings is 2. The molecule has 3 rings (SSSR count). The van der Waals surface area contributed by atoms with E-state index in [1.807, 2.05) is 36.7 Å². The maximum absolute atomic E-state index is 12.2. The molecule has 1 N–H and O–H groups in total. The molecule has 0 aliphatic heterocycles. The van der Waals surface area contributed by atoms with Crippen LogP contribution in [0.25, 0.3) is 10.8 Å². The van der Waals surface area contributed by atoms with Crippen molar-refractivity contribution < 1.29 is 9.21 Å². The molecular weight excluding hydrogens is 344 g/mol. The van der Waals surface area contributed by atoms with Gasteiger partial charge >= 0.3 is 6.01 Å². The third-order valence-corrected chi connectivity index (χ3v) is 5.37. The summed E-state index contributed by atoms with van der Waals surface area (Å²) in [6.07, 6.45) is 0. The highest BCUT2D eigenvalue weighted by atomic mass is 32.1. The number of hydrogen-bond donors (Lipinski definition) is 1. The van der Waals surface area contributed by atoms with Gasteiger partial charge in [0.2, 0.25) is 5.91 Å². The Hall–Kier alpha value is -2.03. The molecule has 126 valence electrons. The van der Waals surface area contributed by atoms with E-state index in [2.05, 4.69) is 26.5 Å². The molecule has 0 fully saturated rings. The lowest BCUT2D eigenvalue weighted by Gasteiger charge is -2.18. The Morgan fingerprint density at radius 2 is 2.17 bits per heavy atom. The summed E-state index contributed by atoms with van der Waals surface area (Å²) in [4.78, 5) is 16.4. The second-order valence-corrected chi connectivity index (χ2v) is 7.22. The number of carbonyl (C=O) groups is 1. The lowest BCUT2D eigenvalue weighted by Crippen LogP contribution is -2.32. The van der Waals surface area contributed by atoms with Gasteiger partial charge in [0.05, 0.1) is 11.4 Å². The van der Waals surface area contributed by atoms with Crippen molar-refractivity contribution in [2.24, 2.45) is 0 Å². The van der Waals surface area contributed by atoms with Crippen molar-refractivity contribution in [2.75, 3.05) is 18.4 Å². The predicted molar refractivity (Wildman–Crippen MR) is 96.2 cm³/mol. The molecule has 0 saturated heterocycles. The average Bonchev–Trinajstić information content (AvgIpc) is 3.28. The Morgan fingerprint density at radius 1 is 1.29 bits per heavy atom. The predicted octanol–water partition coefficient (Wildman–Crippen LogP) is 3.63. The second kappa shape index (κ2) is 7.69. The first-order valence-corrected chi connectivity index (χ1v) is 9.34. The van der Waals surface area contributed by atoms with E-state index in [0.717, 1.165) is 23.5 Å². The molecular formula is C16H18N4O2S2. The highest BCUT2D eigenvalue weighted by molar-refractivity contribution is 7.13. The van der Waals surface area contributed by atoms with Gasteiger partial charge in [-0.25, -0.2) is 0 Å². The topological polar surface area (TPSA) is 71.3 Å². The summed E-state index contributed by atoms with van der Waals surface area (Å²) in [5.41, 5.74) is 1.08. The van der Waals surface area contributed by atoms with Gasteiger partial charge in [-0.1, -0.05) is 18.1 Å². The quantitative estimate of drug-likeness (QED) is 0.695. The van der Waals surface area contributed by atoms with Crippen molar-refractivity contribution in [3.05, 3.63) is 39.4 Å². The summed E-state index contributed by atoms with van der Waals surface area (Å²) < 4.78 is 5.54. The molecule has 8 heteroatoms. The fourth-order valence-electron chi connectivity index (χ4n) is 2.22. The van der Waals surface area contributed by atoms with E-state index >= 15 is 0 Å². The first kappa shape index (κ1) is 16.8. The number of aryl methyl sites for hydroxylation is 1. The molecule has 0 spiro atoms. The molecule has 0 aliphatic carbocycles. The number of aromatic nitrogens is 2. The molecule has 1 amide bonds. The third-order valence-electron chi connectivity index (χ3n) is 3.50. The van der Waals surface area contributed by atoms with Crippen LogP contribution >= 0.6 is 22.7 Å². The number of likely N-dealkylation sites (N-methyl/N-ethyl adjacent to an activating group) is 1. The van der Waals surface area contributed by atoms with Crippen molar-refractivity contribution in [1.82, 2.24) is 15.1 Å². The molecule has 0 atom stereocenters. The Labute approximate surface area is 148 Å². The van der Waals surface area contributed by atoms with Crippen LogP contribution in [0, 0.1) is 6.92 Å². The van der Waals surface area contributed by atoms with Gasteiger partial charge in [-0.3, -0.25) is 15.0 Å². The molecule has 0 bridgehead atoms. The van der Waals surface area contributed by atoms with Crippen molar-refractivity contribution in [3.63, 3.8) is 0 Å². The maximum atomic E-state index is 12.2. The first-order chi connectivity index (χ1) is 11.7. The summed E-state index contributed by atoms with van der Waals surface area (Å²) in [6, 6.07) is 6.21. The molecule has 0 aliphatic rings. The van der Waals surface area contributed by atoms with E-state index in [9.17, 15) is 4.79 Å². The molecule has 3 heterocycles. The van der Waals surface area contributed by atoms with E-state index < -0.39 is 0 Å². The Balaban J connectivity index is 1.58. The summed E-state index contributed by atoms with van der Waals surface area (Å²) >= 11 is 3.22. The lowest BCUT2D eigenvalue weighted by atomic mass is 10.3. The van der Waals surface area contributed by atoms with Crippen LogP contribution in [-0.4, -0.2) is 34.1 Å². The van der Waals surface area contributed by atoms with Crippen molar-refractivity contribution >= 4 is 34.6 Å². The highest BCUT2D eigenvalue weighted by Crippen LogP contribution is 2.28. The minimum Gasteiger partial charge on any atom is -0.402 e. The van der Waals surface area contributed by atoms with Crippen LogP contribution in [0.15, 0.2) is 33.4 Å². The number of rotatable bonds is 7. The standard InChI is InChI=1S/C16H18N4O2S2/c1-3-20(9-12-5-4-7-23-12)10-13(21)17-16-19-18-15(22-16)14-11(2)6-8-24-14/h4-8H,3,9-10H2,1-2H3,(H,17,19,21). The molecule has 0 saturated carbocycles. The molecule has 0 unspecified atom stereocenters. The molecule has 0 radical (unpaired) electrons. The minimum atomic E-state index is -0.161. The van der Waals surface area contributed by atoms with Crippen LogP contribution in [0.3, 0.4) is 0 Å². The molecule has 24 heavy (non-hydrogen) atoms. The van der Waals surface area contributed by atoms with Crippen LogP contribution in [0.1, 0.15) is 17.4 Å². The third kappa shape index (κ3) is 4.08. The van der Waals surface area contributed by atoms with Gasteiger partial charge in [-0.05, 0) is 41.9 Å². The molecule has 0 aromatic carbocycles. The van der Waals surface area contributed by atoms with Gasteiger partial charge < -0.3 is 4.42 Å². The van der Waals surface area contributed by atoms with Crippen LogP contribution < -0.4 is 5.32 Å². The summed E-state index contributed by atoms with van der Waals surface area (Å²) in [5.74, 6) is 0.273. The van der Waals surface area contributed by atoms with E-state index in [-0.39, 0.29) is 18.5 Å². The van der Waals surface area contributed by atoms with E-state index in [1.54, 1.807) is 11.3 Å². The number of anilines is 1. The van der Waals surface area contributed by atoms with Crippen LogP contribution in [0.2, 0.25) is 0 Å². The van der Waals surface area contributed by atoms with E-state index in [0.29, 0.717) is 5.89 Å². The summed E-state index contributed by atoms with van der Waals surface area (Å²) in [7, 11) is 0. The highest BCUT2D eigenvalue weighted by Gasteiger charge is 2.16. The SMILES string of the molecule is CCN(CC(=O)Nc1nnc(-c2sccc2C)o1)Cc1cccs1. The Kier molecular flexibility index (Phi) is 5.39. The van der Waals surface area contributed by atoms with Gasteiger partial charge in [0.25, 0.3) is 5.89 Å². The fraction of sp³-hybridized carbons (Fsp3) is 0.312. The van der Waals surface area contributed by atoms with Gasteiger partial charge in [0.15, 0.2) is 0 Å². The number of hydrogen-bond acceptors (Lipinski definition) is 7. The van der Waals surface area contributed by atoms with Gasteiger partial charge in [0, 0.05) is 11.4 Å². The summed E-state index contributed by atoms with van der Waals surface area (Å²) in [6.45, 7) is 5.84. The molecule has 3 aromatic rings. The Morgan fingerprint density at radius 3 is 2.83 bits per heavy atom. The maximum Gasteiger partial charge on any atom is 0.322 e. The zero-order valence-corrected chi connectivity index (χ0v) is 15.1. The van der Waals surface area contributed by atoms with Gasteiger partial charge in [-0.2, -0.15) is 0 Å². The smallest absolute Gasteiger partial charge is 0.322 e. The van der Waals surface area contributed by atoms with Crippen LogP contribution in [0.5, 0.6) is 0 Å². The average molecular weight is 362 g/mol.